The zero-order chi connectivity index (χ0) is 16.5. The highest BCUT2D eigenvalue weighted by Crippen LogP contribution is 2.48. The summed E-state index contributed by atoms with van der Waals surface area (Å²) in [6, 6.07) is 5.53. The molecule has 1 atom stereocenters. The number of carbonyl (C=O) groups is 1. The Bertz CT molecular complexity index is 675. The molecule has 0 aromatic heterocycles. The average molecular weight is 333 g/mol. The first-order chi connectivity index (χ1) is 10.1. The number of fused-ring (bicyclic) bond motifs is 1. The molecule has 0 unspecified atom stereocenters. The molecule has 0 fully saturated rings. The number of rotatable bonds is 5. The van der Waals surface area contributed by atoms with E-state index in [9.17, 15) is 22.0 Å². The quantitative estimate of drug-likeness (QED) is 0.898. The van der Waals surface area contributed by atoms with Crippen molar-refractivity contribution in [1.82, 2.24) is 0 Å². The Morgan fingerprint density at radius 1 is 1.41 bits per heavy atom. The van der Waals surface area contributed by atoms with Gasteiger partial charge >= 0.3 is 5.97 Å². The van der Waals surface area contributed by atoms with Crippen molar-refractivity contribution in [1.29, 1.82) is 0 Å². The molecular weight excluding hydrogens is 316 g/mol. The molecule has 122 valence electrons. The highest BCUT2D eigenvalue weighted by atomic mass is 32.2. The van der Waals surface area contributed by atoms with E-state index in [0.717, 1.165) is 10.6 Å². The number of para-hydroxylation sites is 1. The van der Waals surface area contributed by atoms with Gasteiger partial charge in [0.05, 0.1) is 11.9 Å². The van der Waals surface area contributed by atoms with Gasteiger partial charge in [0.1, 0.15) is 0 Å². The molecule has 2 rings (SSSR count). The normalized spacial score (nSPS) is 20.5. The van der Waals surface area contributed by atoms with Crippen molar-refractivity contribution >= 4 is 21.7 Å². The number of hydrogen-bond donors (Lipinski definition) is 1. The van der Waals surface area contributed by atoms with Gasteiger partial charge in [0, 0.05) is 24.4 Å². The fourth-order valence-corrected chi connectivity index (χ4v) is 3.66. The second-order valence-corrected chi connectivity index (χ2v) is 7.32. The molecule has 0 saturated heterocycles. The van der Waals surface area contributed by atoms with Crippen LogP contribution in [-0.4, -0.2) is 32.3 Å². The Morgan fingerprint density at radius 2 is 2.05 bits per heavy atom. The maximum absolute atomic E-state index is 14.6. The molecular formula is C14H17F2NO4S. The highest BCUT2D eigenvalue weighted by molar-refractivity contribution is 7.92. The van der Waals surface area contributed by atoms with Gasteiger partial charge in [-0.05, 0) is 18.9 Å². The summed E-state index contributed by atoms with van der Waals surface area (Å²) in [7, 11) is -3.68. The van der Waals surface area contributed by atoms with E-state index in [1.54, 1.807) is 0 Å². The predicted molar refractivity (Wildman–Crippen MR) is 77.5 cm³/mol. The predicted octanol–water partition coefficient (Wildman–Crippen LogP) is 2.43. The molecule has 1 N–H and O–H groups in total. The third kappa shape index (κ3) is 3.21. The van der Waals surface area contributed by atoms with E-state index in [1.165, 1.54) is 24.3 Å². The highest BCUT2D eigenvalue weighted by Gasteiger charge is 2.49. The van der Waals surface area contributed by atoms with Gasteiger partial charge in [0.2, 0.25) is 10.0 Å². The van der Waals surface area contributed by atoms with E-state index in [1.807, 2.05) is 0 Å². The molecule has 5 nitrogen and oxygen atoms in total. The summed E-state index contributed by atoms with van der Waals surface area (Å²) in [6.45, 7) is -0.345. The number of sulfonamides is 1. The van der Waals surface area contributed by atoms with Crippen molar-refractivity contribution in [3.8, 4) is 0 Å². The van der Waals surface area contributed by atoms with Gasteiger partial charge in [0.25, 0.3) is 5.92 Å². The van der Waals surface area contributed by atoms with Gasteiger partial charge in [-0.3, -0.25) is 9.10 Å². The molecule has 0 saturated carbocycles. The second-order valence-electron chi connectivity index (χ2n) is 5.42. The van der Waals surface area contributed by atoms with E-state index in [2.05, 4.69) is 0 Å². The average Bonchev–Trinajstić information content (AvgIpc) is 2.39. The third-order valence-electron chi connectivity index (χ3n) is 3.77. The molecule has 22 heavy (non-hydrogen) atoms. The minimum atomic E-state index is -3.68. The first-order valence-electron chi connectivity index (χ1n) is 6.81. The monoisotopic (exact) mass is 333 g/mol. The molecule has 1 aromatic rings. The molecule has 0 bridgehead atoms. The van der Waals surface area contributed by atoms with Crippen molar-refractivity contribution in [2.45, 2.75) is 25.2 Å². The Balaban J connectivity index is 2.37. The maximum Gasteiger partial charge on any atom is 0.303 e. The van der Waals surface area contributed by atoms with Gasteiger partial charge in [-0.25, -0.2) is 17.2 Å². The van der Waals surface area contributed by atoms with Crippen LogP contribution in [0.5, 0.6) is 0 Å². The summed E-state index contributed by atoms with van der Waals surface area (Å²) >= 11 is 0. The van der Waals surface area contributed by atoms with Crippen LogP contribution in [0, 0.1) is 5.92 Å². The van der Waals surface area contributed by atoms with E-state index in [0.29, 0.717) is 0 Å². The minimum absolute atomic E-state index is 0.00974. The number of carboxylic acids is 1. The van der Waals surface area contributed by atoms with Gasteiger partial charge in [-0.2, -0.15) is 0 Å². The Hall–Kier alpha value is -1.70. The zero-order valence-corrected chi connectivity index (χ0v) is 12.8. The van der Waals surface area contributed by atoms with Crippen LogP contribution in [0.1, 0.15) is 24.8 Å². The standard InChI is InChI=1S/C14H17F2NO4S/c1-22(20,21)17-9-10(5-4-8-13(18)19)14(15,16)11-6-2-3-7-12(11)17/h2-3,6-7,10H,4-5,8-9H2,1H3,(H,18,19)/t10-/m0/s1. The molecule has 1 aliphatic rings. The molecule has 1 aromatic carbocycles. The molecule has 8 heteroatoms. The number of benzene rings is 1. The van der Waals surface area contributed by atoms with Crippen LogP contribution in [-0.2, 0) is 20.7 Å². The summed E-state index contributed by atoms with van der Waals surface area (Å²) in [5.41, 5.74) is -0.337. The van der Waals surface area contributed by atoms with Crippen LogP contribution in [0.15, 0.2) is 24.3 Å². The van der Waals surface area contributed by atoms with E-state index in [-0.39, 0.29) is 37.1 Å². The summed E-state index contributed by atoms with van der Waals surface area (Å²) in [4.78, 5) is 10.5. The Kier molecular flexibility index (Phi) is 4.42. The topological polar surface area (TPSA) is 74.7 Å². The smallest absolute Gasteiger partial charge is 0.303 e. The maximum atomic E-state index is 14.6. The SMILES string of the molecule is CS(=O)(=O)N1C[C@H](CCCC(=O)O)C(F)(F)c2ccccc21. The fraction of sp³-hybridized carbons (Fsp3) is 0.500. The van der Waals surface area contributed by atoms with Crippen LogP contribution >= 0.6 is 0 Å². The number of alkyl halides is 2. The Morgan fingerprint density at radius 3 is 2.64 bits per heavy atom. The summed E-state index contributed by atoms with van der Waals surface area (Å²) in [6.07, 6.45) is 0.781. The summed E-state index contributed by atoms with van der Waals surface area (Å²) in [5, 5.41) is 8.62. The van der Waals surface area contributed by atoms with Crippen molar-refractivity contribution in [3.05, 3.63) is 29.8 Å². The van der Waals surface area contributed by atoms with Crippen molar-refractivity contribution < 1.29 is 27.1 Å². The summed E-state index contributed by atoms with van der Waals surface area (Å²) < 4.78 is 53.9. The van der Waals surface area contributed by atoms with E-state index >= 15 is 0 Å². The third-order valence-corrected chi connectivity index (χ3v) is 4.92. The fourth-order valence-electron chi connectivity index (χ4n) is 2.69. The van der Waals surface area contributed by atoms with Crippen LogP contribution < -0.4 is 4.31 Å². The molecule has 1 heterocycles. The second kappa shape index (κ2) is 5.83. The number of anilines is 1. The largest absolute Gasteiger partial charge is 0.481 e. The zero-order valence-electron chi connectivity index (χ0n) is 12.0. The van der Waals surface area contributed by atoms with Gasteiger partial charge in [-0.15, -0.1) is 0 Å². The Labute approximate surface area is 127 Å². The number of carboxylic acid groups (broad SMARTS) is 1. The van der Waals surface area contributed by atoms with E-state index in [4.69, 9.17) is 5.11 Å². The van der Waals surface area contributed by atoms with E-state index < -0.39 is 27.8 Å². The number of halogens is 2. The molecule has 0 aliphatic carbocycles. The number of hydrogen-bond acceptors (Lipinski definition) is 3. The van der Waals surface area contributed by atoms with Crippen molar-refractivity contribution in [2.75, 3.05) is 17.1 Å². The number of nitrogens with zero attached hydrogens (tertiary/aromatic N) is 1. The first-order valence-corrected chi connectivity index (χ1v) is 8.65. The van der Waals surface area contributed by atoms with Gasteiger partial charge < -0.3 is 5.11 Å². The van der Waals surface area contributed by atoms with Crippen LogP contribution in [0.3, 0.4) is 0 Å². The lowest BCUT2D eigenvalue weighted by molar-refractivity contribution is -0.137. The summed E-state index contributed by atoms with van der Waals surface area (Å²) in [5.74, 6) is -5.48. The number of aliphatic carboxylic acids is 1. The van der Waals surface area contributed by atoms with Crippen molar-refractivity contribution in [2.24, 2.45) is 5.92 Å². The van der Waals surface area contributed by atoms with Crippen LogP contribution in [0.25, 0.3) is 0 Å². The lowest BCUT2D eigenvalue weighted by Gasteiger charge is -2.39. The lowest BCUT2D eigenvalue weighted by atomic mass is 9.86. The molecule has 0 radical (unpaired) electrons. The molecule has 0 spiro atoms. The van der Waals surface area contributed by atoms with Crippen molar-refractivity contribution in [3.63, 3.8) is 0 Å². The van der Waals surface area contributed by atoms with Gasteiger partial charge in [0.15, 0.2) is 0 Å². The molecule has 0 amide bonds. The lowest BCUT2D eigenvalue weighted by Crippen LogP contribution is -2.46. The van der Waals surface area contributed by atoms with Gasteiger partial charge in [-0.1, -0.05) is 18.2 Å². The van der Waals surface area contributed by atoms with Crippen LogP contribution in [0.2, 0.25) is 0 Å². The minimum Gasteiger partial charge on any atom is -0.481 e. The van der Waals surface area contributed by atoms with Crippen LogP contribution in [0.4, 0.5) is 14.5 Å². The first kappa shape index (κ1) is 16.7. The molecule has 1 aliphatic heterocycles.